The van der Waals surface area contributed by atoms with Gasteiger partial charge in [-0.05, 0) is 36.1 Å². The van der Waals surface area contributed by atoms with E-state index in [1.807, 2.05) is 18.2 Å². The van der Waals surface area contributed by atoms with Crippen molar-refractivity contribution in [1.82, 2.24) is 15.1 Å². The fraction of sp³-hybridized carbons (Fsp3) is 0.435. The normalized spacial score (nSPS) is 15.3. The second-order valence-electron chi connectivity index (χ2n) is 7.34. The lowest BCUT2D eigenvalue weighted by Crippen LogP contribution is -2.49. The second kappa shape index (κ2) is 10.8. The predicted octanol–water partition coefficient (Wildman–Crippen LogP) is 2.56. The van der Waals surface area contributed by atoms with Gasteiger partial charge in [-0.3, -0.25) is 14.6 Å². The van der Waals surface area contributed by atoms with Gasteiger partial charge >= 0.3 is 0 Å². The molecule has 1 saturated heterocycles. The fourth-order valence-corrected chi connectivity index (χ4v) is 3.52. The zero-order valence-electron chi connectivity index (χ0n) is 16.8. The highest BCUT2D eigenvalue weighted by Gasteiger charge is 2.18. The third-order valence-electron chi connectivity index (χ3n) is 5.20. The third-order valence-corrected chi connectivity index (χ3v) is 5.20. The predicted molar refractivity (Wildman–Crippen MR) is 112 cm³/mol. The molecule has 2 aromatic carbocycles. The van der Waals surface area contributed by atoms with Crippen molar-refractivity contribution in [1.29, 1.82) is 0 Å². The molecule has 0 aromatic heterocycles. The Morgan fingerprint density at radius 3 is 2.29 bits per heavy atom. The van der Waals surface area contributed by atoms with Gasteiger partial charge in [-0.2, -0.15) is 0 Å². The molecule has 0 unspecified atom stereocenters. The molecule has 0 bridgehead atoms. The van der Waals surface area contributed by atoms with Crippen molar-refractivity contribution in [2.75, 3.05) is 46.4 Å². The number of carbonyl (C=O) groups excluding carboxylic acids is 1. The number of carbonyl (C=O) groups is 1. The highest BCUT2D eigenvalue weighted by molar-refractivity contribution is 5.77. The number of amides is 1. The van der Waals surface area contributed by atoms with Gasteiger partial charge < -0.3 is 10.1 Å². The number of aryl methyl sites for hydroxylation is 1. The zero-order chi connectivity index (χ0) is 19.6. The lowest BCUT2D eigenvalue weighted by molar-refractivity contribution is -0.122. The molecule has 1 fully saturated rings. The Hall–Kier alpha value is -2.37. The van der Waals surface area contributed by atoms with Crippen molar-refractivity contribution in [2.45, 2.75) is 19.4 Å². The summed E-state index contributed by atoms with van der Waals surface area (Å²) >= 11 is 0. The lowest BCUT2D eigenvalue weighted by atomic mass is 10.1. The van der Waals surface area contributed by atoms with Gasteiger partial charge in [-0.1, -0.05) is 42.5 Å². The van der Waals surface area contributed by atoms with Gasteiger partial charge in [0.25, 0.3) is 0 Å². The van der Waals surface area contributed by atoms with E-state index in [2.05, 4.69) is 51.5 Å². The van der Waals surface area contributed by atoms with Crippen molar-refractivity contribution < 1.29 is 9.53 Å². The Morgan fingerprint density at radius 2 is 1.61 bits per heavy atom. The summed E-state index contributed by atoms with van der Waals surface area (Å²) in [6.07, 6.45) is 1.98. The number of nitrogens with one attached hydrogen (secondary N) is 1. The highest BCUT2D eigenvalue weighted by atomic mass is 16.5. The van der Waals surface area contributed by atoms with Crippen molar-refractivity contribution >= 4 is 5.91 Å². The van der Waals surface area contributed by atoms with Crippen LogP contribution in [0, 0.1) is 0 Å². The summed E-state index contributed by atoms with van der Waals surface area (Å²) in [5, 5.41) is 3.06. The van der Waals surface area contributed by atoms with Crippen LogP contribution in [0.2, 0.25) is 0 Å². The molecule has 3 rings (SSSR count). The lowest BCUT2D eigenvalue weighted by Gasteiger charge is -2.34. The molecular formula is C23H31N3O2. The first-order valence-corrected chi connectivity index (χ1v) is 10.1. The molecule has 5 heteroatoms. The molecule has 2 aromatic rings. The number of ether oxygens (including phenoxy) is 1. The van der Waals surface area contributed by atoms with E-state index in [9.17, 15) is 4.79 Å². The van der Waals surface area contributed by atoms with Crippen molar-refractivity contribution in [3.8, 4) is 5.75 Å². The van der Waals surface area contributed by atoms with Crippen LogP contribution in [0.1, 0.15) is 17.5 Å². The maximum Gasteiger partial charge on any atom is 0.234 e. The first-order valence-electron chi connectivity index (χ1n) is 10.1. The smallest absolute Gasteiger partial charge is 0.234 e. The molecule has 1 aliphatic heterocycles. The van der Waals surface area contributed by atoms with Crippen LogP contribution in [0.4, 0.5) is 0 Å². The Labute approximate surface area is 168 Å². The Morgan fingerprint density at radius 1 is 0.929 bits per heavy atom. The monoisotopic (exact) mass is 381 g/mol. The summed E-state index contributed by atoms with van der Waals surface area (Å²) in [7, 11) is 1.69. The molecule has 1 N–H and O–H groups in total. The highest BCUT2D eigenvalue weighted by Crippen LogP contribution is 2.14. The quantitative estimate of drug-likeness (QED) is 0.678. The zero-order valence-corrected chi connectivity index (χ0v) is 16.8. The van der Waals surface area contributed by atoms with E-state index in [1.165, 1.54) is 11.1 Å². The molecule has 150 valence electrons. The summed E-state index contributed by atoms with van der Waals surface area (Å²) in [6.45, 7) is 6.05. The van der Waals surface area contributed by atoms with Crippen LogP contribution in [-0.2, 0) is 17.8 Å². The van der Waals surface area contributed by atoms with E-state index >= 15 is 0 Å². The molecule has 1 aliphatic rings. The number of nitrogens with zero attached hydrogens (tertiary/aromatic N) is 2. The summed E-state index contributed by atoms with van der Waals surface area (Å²) < 4.78 is 5.21. The van der Waals surface area contributed by atoms with Crippen LogP contribution in [-0.4, -0.2) is 62.1 Å². The Kier molecular flexibility index (Phi) is 7.88. The number of benzene rings is 2. The molecule has 0 spiro atoms. The molecule has 1 amide bonds. The van der Waals surface area contributed by atoms with Gasteiger partial charge in [0, 0.05) is 39.3 Å². The Balaban J connectivity index is 1.29. The number of hydrogen-bond acceptors (Lipinski definition) is 4. The van der Waals surface area contributed by atoms with Crippen LogP contribution in [0.25, 0.3) is 0 Å². The average molecular weight is 382 g/mol. The van der Waals surface area contributed by atoms with Crippen molar-refractivity contribution in [3.63, 3.8) is 0 Å². The van der Waals surface area contributed by atoms with Gasteiger partial charge in [-0.15, -0.1) is 0 Å². The van der Waals surface area contributed by atoms with Crippen LogP contribution < -0.4 is 10.1 Å². The number of rotatable bonds is 9. The van der Waals surface area contributed by atoms with E-state index < -0.39 is 0 Å². The second-order valence-corrected chi connectivity index (χ2v) is 7.34. The van der Waals surface area contributed by atoms with Gasteiger partial charge in [0.2, 0.25) is 5.91 Å². The molecule has 1 heterocycles. The number of piperazine rings is 1. The molecule has 0 aliphatic carbocycles. The van der Waals surface area contributed by atoms with Crippen molar-refractivity contribution in [3.05, 3.63) is 65.7 Å². The van der Waals surface area contributed by atoms with E-state index in [0.717, 1.165) is 57.9 Å². The van der Waals surface area contributed by atoms with Crippen LogP contribution in [0.3, 0.4) is 0 Å². The summed E-state index contributed by atoms with van der Waals surface area (Å²) in [5.41, 5.74) is 2.62. The van der Waals surface area contributed by atoms with Crippen LogP contribution >= 0.6 is 0 Å². The van der Waals surface area contributed by atoms with Gasteiger partial charge in [-0.25, -0.2) is 0 Å². The van der Waals surface area contributed by atoms with E-state index in [4.69, 9.17) is 4.74 Å². The molecule has 0 saturated carbocycles. The minimum absolute atomic E-state index is 0.136. The number of hydrogen-bond donors (Lipinski definition) is 1. The fourth-order valence-electron chi connectivity index (χ4n) is 3.52. The molecule has 28 heavy (non-hydrogen) atoms. The molecule has 0 atom stereocenters. The van der Waals surface area contributed by atoms with Gasteiger partial charge in [0.1, 0.15) is 5.75 Å². The maximum atomic E-state index is 12.2. The summed E-state index contributed by atoms with van der Waals surface area (Å²) in [4.78, 5) is 16.9. The largest absolute Gasteiger partial charge is 0.497 e. The first-order chi connectivity index (χ1) is 13.7. The van der Waals surface area contributed by atoms with Crippen molar-refractivity contribution in [2.24, 2.45) is 0 Å². The van der Waals surface area contributed by atoms with Gasteiger partial charge in [0.05, 0.1) is 13.7 Å². The summed E-state index contributed by atoms with van der Waals surface area (Å²) in [5.74, 6) is 1.03. The number of methoxy groups -OCH3 is 1. The minimum atomic E-state index is 0.136. The average Bonchev–Trinajstić information content (AvgIpc) is 2.74. The maximum absolute atomic E-state index is 12.2. The van der Waals surface area contributed by atoms with Gasteiger partial charge in [0.15, 0.2) is 0 Å². The standard InChI is InChI=1S/C23H31N3O2/c1-28-22-11-9-21(10-12-22)18-25-14-16-26(17-15-25)19-23(27)24-13-5-8-20-6-3-2-4-7-20/h2-4,6-7,9-12H,5,8,13-19H2,1H3,(H,24,27). The SMILES string of the molecule is COc1ccc(CN2CCN(CC(=O)NCCCc3ccccc3)CC2)cc1. The minimum Gasteiger partial charge on any atom is -0.497 e. The van der Waals surface area contributed by atoms with E-state index in [1.54, 1.807) is 7.11 Å². The van der Waals surface area contributed by atoms with Crippen LogP contribution in [0.5, 0.6) is 5.75 Å². The first kappa shape index (κ1) is 20.4. The summed E-state index contributed by atoms with van der Waals surface area (Å²) in [6, 6.07) is 18.7. The third kappa shape index (κ3) is 6.66. The van der Waals surface area contributed by atoms with E-state index in [0.29, 0.717) is 6.54 Å². The van der Waals surface area contributed by atoms with Crippen LogP contribution in [0.15, 0.2) is 54.6 Å². The molecular weight excluding hydrogens is 350 g/mol. The topological polar surface area (TPSA) is 44.8 Å². The molecule has 0 radical (unpaired) electrons. The molecule has 5 nitrogen and oxygen atoms in total. The van der Waals surface area contributed by atoms with E-state index in [-0.39, 0.29) is 5.91 Å². The Bertz CT molecular complexity index is 710.